The number of anilines is 1. The Morgan fingerprint density at radius 3 is 2.81 bits per heavy atom. The summed E-state index contributed by atoms with van der Waals surface area (Å²) in [6.45, 7) is 2.81. The van der Waals surface area contributed by atoms with E-state index in [1.807, 2.05) is 42.5 Å². The van der Waals surface area contributed by atoms with E-state index in [9.17, 15) is 9.90 Å². The maximum atomic E-state index is 11.2. The van der Waals surface area contributed by atoms with Crippen LogP contribution >= 0.6 is 0 Å². The van der Waals surface area contributed by atoms with Crippen LogP contribution in [0.25, 0.3) is 11.4 Å². The van der Waals surface area contributed by atoms with E-state index in [1.54, 1.807) is 0 Å². The van der Waals surface area contributed by atoms with Gasteiger partial charge in [-0.2, -0.15) is 4.98 Å². The molecule has 1 amide bonds. The Bertz CT molecular complexity index is 1100. The van der Waals surface area contributed by atoms with Gasteiger partial charge in [0.15, 0.2) is 11.5 Å². The van der Waals surface area contributed by atoms with Crippen LogP contribution in [0.2, 0.25) is 0 Å². The second kappa shape index (κ2) is 8.01. The monoisotopic (exact) mass is 422 g/mol. The molecule has 2 aromatic carbocycles. The van der Waals surface area contributed by atoms with Crippen molar-refractivity contribution >= 4 is 11.6 Å². The van der Waals surface area contributed by atoms with Crippen LogP contribution in [0.5, 0.6) is 11.5 Å². The quantitative estimate of drug-likeness (QED) is 0.646. The molecule has 2 aliphatic heterocycles. The molecule has 160 valence electrons. The number of aromatic nitrogens is 2. The van der Waals surface area contributed by atoms with Crippen LogP contribution in [0.4, 0.5) is 5.69 Å². The molecule has 0 radical (unpaired) electrons. The number of ether oxygens (including phenoxy) is 2. The largest absolute Gasteiger partial charge is 0.454 e. The summed E-state index contributed by atoms with van der Waals surface area (Å²) in [5, 5.41) is 17.2. The summed E-state index contributed by atoms with van der Waals surface area (Å²) in [7, 11) is 0. The Hall–Kier alpha value is -3.43. The molecule has 1 fully saturated rings. The second-order valence-corrected chi connectivity index (χ2v) is 7.74. The smallest absolute Gasteiger partial charge is 0.244 e. The normalized spacial score (nSPS) is 20.2. The maximum Gasteiger partial charge on any atom is 0.244 e. The summed E-state index contributed by atoms with van der Waals surface area (Å²) in [5.41, 5.74) is 2.58. The Balaban J connectivity index is 1.33. The lowest BCUT2D eigenvalue weighted by Crippen LogP contribution is -2.24. The number of benzene rings is 2. The highest BCUT2D eigenvalue weighted by atomic mass is 16.7. The number of amides is 1. The van der Waals surface area contributed by atoms with Gasteiger partial charge in [0, 0.05) is 31.3 Å². The molecule has 2 aliphatic rings. The number of carbonyl (C=O) groups excluding carboxylic acids is 1. The minimum atomic E-state index is -0.468. The van der Waals surface area contributed by atoms with E-state index in [2.05, 4.69) is 20.4 Å². The van der Waals surface area contributed by atoms with Crippen molar-refractivity contribution in [3.63, 3.8) is 0 Å². The summed E-state index contributed by atoms with van der Waals surface area (Å²) in [4.78, 5) is 17.9. The highest BCUT2D eigenvalue weighted by Crippen LogP contribution is 2.37. The van der Waals surface area contributed by atoms with Crippen LogP contribution in [0.1, 0.15) is 30.8 Å². The average molecular weight is 422 g/mol. The summed E-state index contributed by atoms with van der Waals surface area (Å²) in [6.07, 6.45) is 0.0526. The molecule has 0 unspecified atom stereocenters. The van der Waals surface area contributed by atoms with Crippen LogP contribution in [-0.4, -0.2) is 45.5 Å². The van der Waals surface area contributed by atoms with E-state index in [0.717, 1.165) is 16.8 Å². The highest BCUT2D eigenvalue weighted by molar-refractivity contribution is 5.88. The van der Waals surface area contributed by atoms with E-state index in [1.165, 1.54) is 6.92 Å². The van der Waals surface area contributed by atoms with Gasteiger partial charge in [0.05, 0.1) is 12.1 Å². The molecule has 1 aromatic heterocycles. The number of fused-ring (bicyclic) bond motifs is 1. The summed E-state index contributed by atoms with van der Waals surface area (Å²) >= 11 is 0. The predicted octanol–water partition coefficient (Wildman–Crippen LogP) is 2.73. The second-order valence-electron chi connectivity index (χ2n) is 7.74. The summed E-state index contributed by atoms with van der Waals surface area (Å²) in [5.74, 6) is 2.19. The van der Waals surface area contributed by atoms with Crippen molar-refractivity contribution in [1.82, 2.24) is 15.0 Å². The average Bonchev–Trinajstić information content (AvgIpc) is 3.48. The number of carbonyl (C=O) groups is 1. The van der Waals surface area contributed by atoms with E-state index in [-0.39, 0.29) is 18.7 Å². The van der Waals surface area contributed by atoms with Crippen molar-refractivity contribution in [2.24, 2.45) is 0 Å². The first-order valence-corrected chi connectivity index (χ1v) is 10.1. The first kappa shape index (κ1) is 19.5. The van der Waals surface area contributed by atoms with Crippen molar-refractivity contribution in [2.75, 3.05) is 18.7 Å². The molecule has 9 heteroatoms. The fourth-order valence-corrected chi connectivity index (χ4v) is 3.97. The van der Waals surface area contributed by atoms with Crippen molar-refractivity contribution in [3.8, 4) is 22.9 Å². The lowest BCUT2D eigenvalue weighted by molar-refractivity contribution is -0.114. The predicted molar refractivity (Wildman–Crippen MR) is 110 cm³/mol. The van der Waals surface area contributed by atoms with E-state index < -0.39 is 6.10 Å². The number of rotatable bonds is 5. The Morgan fingerprint density at radius 2 is 2.00 bits per heavy atom. The van der Waals surface area contributed by atoms with Crippen molar-refractivity contribution < 1.29 is 23.9 Å². The summed E-state index contributed by atoms with van der Waals surface area (Å²) < 4.78 is 16.3. The number of hydrogen-bond acceptors (Lipinski definition) is 8. The zero-order valence-electron chi connectivity index (χ0n) is 16.9. The van der Waals surface area contributed by atoms with Gasteiger partial charge in [0.25, 0.3) is 0 Å². The number of aliphatic hydroxyl groups is 1. The molecule has 0 aliphatic carbocycles. The number of aliphatic hydroxyl groups excluding tert-OH is 1. The van der Waals surface area contributed by atoms with Gasteiger partial charge < -0.3 is 24.4 Å². The summed E-state index contributed by atoms with van der Waals surface area (Å²) in [6, 6.07) is 13.0. The lowest BCUT2D eigenvalue weighted by Gasteiger charge is -2.21. The molecule has 0 saturated carbocycles. The lowest BCUT2D eigenvalue weighted by atomic mass is 10.1. The maximum absolute atomic E-state index is 11.2. The molecule has 5 rings (SSSR count). The first-order chi connectivity index (χ1) is 15.0. The van der Waals surface area contributed by atoms with Crippen LogP contribution in [0, 0.1) is 0 Å². The molecule has 0 spiro atoms. The van der Waals surface area contributed by atoms with Gasteiger partial charge >= 0.3 is 0 Å². The van der Waals surface area contributed by atoms with Gasteiger partial charge in [0.1, 0.15) is 0 Å². The minimum Gasteiger partial charge on any atom is -0.454 e. The van der Waals surface area contributed by atoms with E-state index in [4.69, 9.17) is 14.0 Å². The van der Waals surface area contributed by atoms with Gasteiger partial charge in [0.2, 0.25) is 24.4 Å². The van der Waals surface area contributed by atoms with Gasteiger partial charge in [-0.15, -0.1) is 0 Å². The SMILES string of the molecule is CC(=O)Nc1ccc(CN2C[C@H](O)C[C@H]2c2nc(-c3ccc4c(c3)OCO4)no2)cc1. The zero-order chi connectivity index (χ0) is 21.4. The molecule has 9 nitrogen and oxygen atoms in total. The van der Waals surface area contributed by atoms with E-state index in [0.29, 0.717) is 42.7 Å². The Kier molecular flexibility index (Phi) is 5.05. The Labute approximate surface area is 178 Å². The topological polar surface area (TPSA) is 110 Å². The fourth-order valence-electron chi connectivity index (χ4n) is 3.97. The molecule has 0 bridgehead atoms. The number of likely N-dealkylation sites (tertiary alicyclic amines) is 1. The molecule has 2 atom stereocenters. The fraction of sp³-hybridized carbons (Fsp3) is 0.318. The van der Waals surface area contributed by atoms with Gasteiger partial charge in [-0.1, -0.05) is 17.3 Å². The third-order valence-electron chi connectivity index (χ3n) is 5.40. The molecule has 3 heterocycles. The molecular weight excluding hydrogens is 400 g/mol. The third kappa shape index (κ3) is 4.10. The van der Waals surface area contributed by atoms with Gasteiger partial charge in [-0.3, -0.25) is 9.69 Å². The minimum absolute atomic E-state index is 0.106. The highest BCUT2D eigenvalue weighted by Gasteiger charge is 2.36. The van der Waals surface area contributed by atoms with Crippen LogP contribution in [0.15, 0.2) is 47.0 Å². The number of nitrogens with one attached hydrogen (secondary N) is 1. The molecule has 3 aromatic rings. The number of hydrogen-bond donors (Lipinski definition) is 2. The molecule has 31 heavy (non-hydrogen) atoms. The van der Waals surface area contributed by atoms with Crippen molar-refractivity contribution in [3.05, 3.63) is 53.9 Å². The number of nitrogens with zero attached hydrogens (tertiary/aromatic N) is 3. The number of β-amino-alcohol motifs (C(OH)–C–C–N with tert-alkyl or cyclic N) is 1. The zero-order valence-corrected chi connectivity index (χ0v) is 16.9. The van der Waals surface area contributed by atoms with Crippen LogP contribution in [0.3, 0.4) is 0 Å². The van der Waals surface area contributed by atoms with Crippen LogP contribution in [-0.2, 0) is 11.3 Å². The third-order valence-corrected chi connectivity index (χ3v) is 5.40. The first-order valence-electron chi connectivity index (χ1n) is 10.1. The van der Waals surface area contributed by atoms with Crippen molar-refractivity contribution in [2.45, 2.75) is 32.0 Å². The molecule has 1 saturated heterocycles. The van der Waals surface area contributed by atoms with Gasteiger partial charge in [-0.05, 0) is 42.3 Å². The van der Waals surface area contributed by atoms with E-state index >= 15 is 0 Å². The van der Waals surface area contributed by atoms with Gasteiger partial charge in [-0.25, -0.2) is 0 Å². The molecular formula is C22H22N4O5. The molecule has 2 N–H and O–H groups in total. The van der Waals surface area contributed by atoms with Crippen molar-refractivity contribution in [1.29, 1.82) is 0 Å². The Morgan fingerprint density at radius 1 is 1.19 bits per heavy atom. The standard InChI is InChI=1S/C22H22N4O5/c1-13(27)23-16-5-2-14(3-6-16)10-26-11-17(28)9-18(26)22-24-21(25-31-22)15-4-7-19-20(8-15)30-12-29-19/h2-8,17-18,28H,9-12H2,1H3,(H,23,27)/t17-,18+/m1/s1. The van der Waals surface area contributed by atoms with Crippen LogP contribution < -0.4 is 14.8 Å².